The van der Waals surface area contributed by atoms with Gasteiger partial charge in [-0.05, 0) is 36.8 Å². The second kappa shape index (κ2) is 3.43. The summed E-state index contributed by atoms with van der Waals surface area (Å²) in [5, 5.41) is 3.62. The molecule has 0 aromatic carbocycles. The fraction of sp³-hybridized carbons (Fsp3) is 0.667. The highest BCUT2D eigenvalue weighted by atomic mass is 16.3. The van der Waals surface area contributed by atoms with Crippen molar-refractivity contribution in [3.05, 3.63) is 24.2 Å². The summed E-state index contributed by atoms with van der Waals surface area (Å²) in [6, 6.07) is 4.76. The Morgan fingerprint density at radius 2 is 2.43 bits per heavy atom. The summed E-state index contributed by atoms with van der Waals surface area (Å²) >= 11 is 0. The maximum atomic E-state index is 5.31. The first-order valence-electron chi connectivity index (χ1n) is 5.69. The van der Waals surface area contributed by atoms with E-state index in [1.165, 1.54) is 25.7 Å². The molecule has 1 heterocycles. The van der Waals surface area contributed by atoms with Crippen LogP contribution in [0.25, 0.3) is 0 Å². The van der Waals surface area contributed by atoms with Gasteiger partial charge in [-0.2, -0.15) is 0 Å². The molecule has 2 aliphatic rings. The number of nitrogens with one attached hydrogen (secondary N) is 1. The zero-order valence-electron chi connectivity index (χ0n) is 8.41. The highest BCUT2D eigenvalue weighted by molar-refractivity contribution is 5.01. The Morgan fingerprint density at radius 3 is 3.29 bits per heavy atom. The van der Waals surface area contributed by atoms with Gasteiger partial charge in [0.15, 0.2) is 0 Å². The Morgan fingerprint density at radius 1 is 1.43 bits per heavy atom. The lowest BCUT2D eigenvalue weighted by molar-refractivity contribution is 0.339. The van der Waals surface area contributed by atoms with E-state index >= 15 is 0 Å². The van der Waals surface area contributed by atoms with Gasteiger partial charge in [0, 0.05) is 6.04 Å². The van der Waals surface area contributed by atoms with Crippen LogP contribution in [0.3, 0.4) is 0 Å². The van der Waals surface area contributed by atoms with Crippen LogP contribution in [0.4, 0.5) is 0 Å². The fourth-order valence-corrected chi connectivity index (χ4v) is 2.81. The minimum Gasteiger partial charge on any atom is -0.468 e. The van der Waals surface area contributed by atoms with Gasteiger partial charge in [-0.25, -0.2) is 0 Å². The first kappa shape index (κ1) is 8.54. The molecule has 0 radical (unpaired) electrons. The predicted octanol–water partition coefficient (Wildman–Crippen LogP) is 2.56. The van der Waals surface area contributed by atoms with Crippen molar-refractivity contribution in [3.8, 4) is 0 Å². The van der Waals surface area contributed by atoms with Gasteiger partial charge in [0.1, 0.15) is 5.76 Å². The number of fused-ring (bicyclic) bond motifs is 1. The van der Waals surface area contributed by atoms with E-state index in [0.29, 0.717) is 0 Å². The van der Waals surface area contributed by atoms with E-state index in [2.05, 4.69) is 5.32 Å². The molecule has 2 aliphatic carbocycles. The van der Waals surface area contributed by atoms with Crippen LogP contribution < -0.4 is 5.32 Å². The fourth-order valence-electron chi connectivity index (χ4n) is 2.81. The largest absolute Gasteiger partial charge is 0.468 e. The summed E-state index contributed by atoms with van der Waals surface area (Å²) < 4.78 is 5.31. The van der Waals surface area contributed by atoms with Crippen molar-refractivity contribution in [1.29, 1.82) is 0 Å². The van der Waals surface area contributed by atoms with Crippen molar-refractivity contribution in [2.45, 2.75) is 38.3 Å². The zero-order chi connectivity index (χ0) is 9.38. The molecule has 76 valence electrons. The Kier molecular flexibility index (Phi) is 2.09. The average Bonchev–Trinajstić information content (AvgIpc) is 2.83. The second-order valence-electron chi connectivity index (χ2n) is 4.66. The maximum Gasteiger partial charge on any atom is 0.117 e. The summed E-state index contributed by atoms with van der Waals surface area (Å²) in [5.41, 5.74) is 0. The summed E-state index contributed by atoms with van der Waals surface area (Å²) in [5.74, 6) is 3.10. The number of rotatable bonds is 3. The molecule has 1 aromatic rings. The van der Waals surface area contributed by atoms with E-state index < -0.39 is 0 Å². The first-order valence-corrected chi connectivity index (χ1v) is 5.69. The van der Waals surface area contributed by atoms with Crippen LogP contribution >= 0.6 is 0 Å². The molecule has 0 spiro atoms. The molecule has 3 atom stereocenters. The molecule has 0 aliphatic heterocycles. The molecule has 2 fully saturated rings. The zero-order valence-corrected chi connectivity index (χ0v) is 8.41. The van der Waals surface area contributed by atoms with E-state index in [4.69, 9.17) is 4.42 Å². The monoisotopic (exact) mass is 191 g/mol. The minimum absolute atomic E-state index is 0.763. The van der Waals surface area contributed by atoms with E-state index in [9.17, 15) is 0 Å². The molecule has 14 heavy (non-hydrogen) atoms. The lowest BCUT2D eigenvalue weighted by Gasteiger charge is -2.22. The summed E-state index contributed by atoms with van der Waals surface area (Å²) in [6.45, 7) is 0.904. The van der Waals surface area contributed by atoms with Crippen LogP contribution in [0.5, 0.6) is 0 Å². The van der Waals surface area contributed by atoms with E-state index in [1.54, 1.807) is 6.26 Å². The van der Waals surface area contributed by atoms with Gasteiger partial charge in [-0.3, -0.25) is 0 Å². The Bertz CT molecular complexity index is 293. The maximum absolute atomic E-state index is 5.31. The van der Waals surface area contributed by atoms with Crippen molar-refractivity contribution in [2.75, 3.05) is 0 Å². The summed E-state index contributed by atoms with van der Waals surface area (Å²) in [4.78, 5) is 0. The van der Waals surface area contributed by atoms with Gasteiger partial charge >= 0.3 is 0 Å². The van der Waals surface area contributed by atoms with Gasteiger partial charge in [-0.1, -0.05) is 12.8 Å². The molecular weight excluding hydrogens is 174 g/mol. The highest BCUT2D eigenvalue weighted by Crippen LogP contribution is 2.49. The molecule has 1 unspecified atom stereocenters. The second-order valence-corrected chi connectivity index (χ2v) is 4.66. The molecule has 1 N–H and O–H groups in total. The van der Waals surface area contributed by atoms with Crippen molar-refractivity contribution in [2.24, 2.45) is 11.8 Å². The molecule has 0 amide bonds. The molecule has 1 aromatic heterocycles. The molecule has 3 rings (SSSR count). The van der Waals surface area contributed by atoms with E-state index in [0.717, 1.165) is 30.2 Å². The average molecular weight is 191 g/mol. The van der Waals surface area contributed by atoms with Gasteiger partial charge in [-0.15, -0.1) is 0 Å². The number of furan rings is 1. The lowest BCUT2D eigenvalue weighted by Crippen LogP contribution is -2.32. The standard InChI is InChI=1S/C12H17NO/c1-3-9-7-11(9)12(5-1)13-8-10-4-2-6-14-10/h2,4,6,9,11-13H,1,3,5,7-8H2/t9-,11+,12?/m1/s1. The molecule has 0 bridgehead atoms. The third-order valence-electron chi connectivity index (χ3n) is 3.70. The van der Waals surface area contributed by atoms with E-state index in [-0.39, 0.29) is 0 Å². The number of hydrogen-bond acceptors (Lipinski definition) is 2. The predicted molar refractivity (Wildman–Crippen MR) is 54.8 cm³/mol. The molecule has 2 saturated carbocycles. The molecule has 2 heteroatoms. The summed E-state index contributed by atoms with van der Waals surface area (Å²) in [6.07, 6.45) is 7.47. The summed E-state index contributed by atoms with van der Waals surface area (Å²) in [7, 11) is 0. The van der Waals surface area contributed by atoms with Crippen molar-refractivity contribution in [3.63, 3.8) is 0 Å². The van der Waals surface area contributed by atoms with Crippen LogP contribution in [0.1, 0.15) is 31.4 Å². The molecule has 0 saturated heterocycles. The first-order chi connectivity index (χ1) is 6.93. The smallest absolute Gasteiger partial charge is 0.117 e. The van der Waals surface area contributed by atoms with Crippen molar-refractivity contribution < 1.29 is 4.42 Å². The third kappa shape index (κ3) is 1.59. The van der Waals surface area contributed by atoms with Crippen LogP contribution in [0.15, 0.2) is 22.8 Å². The normalized spacial score (nSPS) is 35.3. The highest BCUT2D eigenvalue weighted by Gasteiger charge is 2.44. The Labute approximate surface area is 84.7 Å². The lowest BCUT2D eigenvalue weighted by atomic mass is 9.95. The molecule has 2 nitrogen and oxygen atoms in total. The van der Waals surface area contributed by atoms with Crippen LogP contribution in [0.2, 0.25) is 0 Å². The SMILES string of the molecule is c1coc(CNC2CCC[C@@H]3C[C@H]23)c1. The Balaban J connectivity index is 1.52. The minimum atomic E-state index is 0.763. The van der Waals surface area contributed by atoms with Gasteiger partial charge in [0.05, 0.1) is 12.8 Å². The topological polar surface area (TPSA) is 25.2 Å². The quantitative estimate of drug-likeness (QED) is 0.794. The van der Waals surface area contributed by atoms with Crippen LogP contribution in [0, 0.1) is 11.8 Å². The third-order valence-corrected chi connectivity index (χ3v) is 3.70. The van der Waals surface area contributed by atoms with Gasteiger partial charge in [0.2, 0.25) is 0 Å². The van der Waals surface area contributed by atoms with Gasteiger partial charge in [0.25, 0.3) is 0 Å². The van der Waals surface area contributed by atoms with Gasteiger partial charge < -0.3 is 9.73 Å². The van der Waals surface area contributed by atoms with Crippen molar-refractivity contribution in [1.82, 2.24) is 5.32 Å². The van der Waals surface area contributed by atoms with Crippen LogP contribution in [-0.2, 0) is 6.54 Å². The van der Waals surface area contributed by atoms with Crippen LogP contribution in [-0.4, -0.2) is 6.04 Å². The molecular formula is C12H17NO. The van der Waals surface area contributed by atoms with Crippen molar-refractivity contribution >= 4 is 0 Å². The van der Waals surface area contributed by atoms with E-state index in [1.807, 2.05) is 12.1 Å². The number of hydrogen-bond donors (Lipinski definition) is 1. The Hall–Kier alpha value is -0.760.